The van der Waals surface area contributed by atoms with Crippen LogP contribution in [0.3, 0.4) is 0 Å². The number of rotatable bonds is 4. The van der Waals surface area contributed by atoms with Crippen molar-refractivity contribution in [2.75, 3.05) is 5.32 Å². The van der Waals surface area contributed by atoms with Crippen LogP contribution in [0.4, 0.5) is 5.69 Å². The van der Waals surface area contributed by atoms with Crippen LogP contribution in [0.25, 0.3) is 33.4 Å². The van der Waals surface area contributed by atoms with Gasteiger partial charge in [0.1, 0.15) is 0 Å². The van der Waals surface area contributed by atoms with E-state index in [9.17, 15) is 4.79 Å². The first kappa shape index (κ1) is 17.3. The Morgan fingerprint density at radius 1 is 1.26 bits per heavy atom. The third kappa shape index (κ3) is 3.44. The molecule has 0 radical (unpaired) electrons. The van der Waals surface area contributed by atoms with E-state index >= 15 is 0 Å². The van der Waals surface area contributed by atoms with Gasteiger partial charge in [0.05, 0.1) is 17.5 Å². The zero-order chi connectivity index (χ0) is 19.0. The summed E-state index contributed by atoms with van der Waals surface area (Å²) >= 11 is 3.47. The fourth-order valence-electron chi connectivity index (χ4n) is 3.05. The van der Waals surface area contributed by atoms with E-state index in [-0.39, 0.29) is 5.91 Å². The molecule has 2 aromatic carbocycles. The van der Waals surface area contributed by atoms with Crippen molar-refractivity contribution in [3.8, 4) is 22.5 Å². The van der Waals surface area contributed by atoms with Gasteiger partial charge in [-0.15, -0.1) is 0 Å². The average molecular weight is 421 g/mol. The lowest BCUT2D eigenvalue weighted by molar-refractivity contribution is -0.111. The number of hydrogen-bond acceptors (Lipinski definition) is 2. The molecule has 4 aromatic rings. The molecular formula is C21H17BrN4O. The molecule has 0 fully saturated rings. The molecule has 0 unspecified atom stereocenters. The van der Waals surface area contributed by atoms with Crippen molar-refractivity contribution in [2.24, 2.45) is 7.05 Å². The highest BCUT2D eigenvalue weighted by Crippen LogP contribution is 2.34. The molecule has 0 saturated heterocycles. The number of H-pyrrole nitrogens is 1. The molecule has 6 heteroatoms. The second kappa shape index (κ2) is 6.89. The number of nitrogens with zero attached hydrogens (tertiary/aromatic N) is 2. The fourth-order valence-corrected chi connectivity index (χ4v) is 3.31. The van der Waals surface area contributed by atoms with Gasteiger partial charge in [0.25, 0.3) is 0 Å². The Labute approximate surface area is 164 Å². The molecular weight excluding hydrogens is 404 g/mol. The van der Waals surface area contributed by atoms with E-state index < -0.39 is 0 Å². The summed E-state index contributed by atoms with van der Waals surface area (Å²) in [7, 11) is 1.93. The Morgan fingerprint density at radius 3 is 2.70 bits per heavy atom. The van der Waals surface area contributed by atoms with Crippen LogP contribution in [0.15, 0.2) is 72.1 Å². The van der Waals surface area contributed by atoms with E-state index in [4.69, 9.17) is 0 Å². The van der Waals surface area contributed by atoms with Crippen LogP contribution in [-0.4, -0.2) is 20.4 Å². The number of carbonyl (C=O) groups is 1. The van der Waals surface area contributed by atoms with Gasteiger partial charge in [0, 0.05) is 40.0 Å². The average Bonchev–Trinajstić information content (AvgIpc) is 3.27. The van der Waals surface area contributed by atoms with Gasteiger partial charge in [-0.05, 0) is 42.0 Å². The number of halogens is 1. The molecule has 2 N–H and O–H groups in total. The van der Waals surface area contributed by atoms with Crippen molar-refractivity contribution in [2.45, 2.75) is 0 Å². The van der Waals surface area contributed by atoms with Crippen molar-refractivity contribution in [3.63, 3.8) is 0 Å². The SMILES string of the molecule is C=CC(=O)Nc1cc(-c2cn(C)cn2)c2[nH]c(-c3ccc(Br)cc3)cc2c1. The van der Waals surface area contributed by atoms with Crippen molar-refractivity contribution in [3.05, 3.63) is 72.1 Å². The quantitative estimate of drug-likeness (QED) is 0.449. The van der Waals surface area contributed by atoms with Crippen LogP contribution in [0.1, 0.15) is 0 Å². The Kier molecular flexibility index (Phi) is 4.41. The van der Waals surface area contributed by atoms with Crippen molar-refractivity contribution in [1.29, 1.82) is 0 Å². The zero-order valence-electron chi connectivity index (χ0n) is 14.7. The van der Waals surface area contributed by atoms with Crippen LogP contribution in [0.5, 0.6) is 0 Å². The van der Waals surface area contributed by atoms with Crippen LogP contribution in [0, 0.1) is 0 Å². The molecule has 27 heavy (non-hydrogen) atoms. The highest BCUT2D eigenvalue weighted by atomic mass is 79.9. The van der Waals surface area contributed by atoms with Crippen LogP contribution in [-0.2, 0) is 11.8 Å². The van der Waals surface area contributed by atoms with Gasteiger partial charge in [0.15, 0.2) is 0 Å². The third-order valence-corrected chi connectivity index (χ3v) is 4.85. The summed E-state index contributed by atoms with van der Waals surface area (Å²) in [4.78, 5) is 19.7. The lowest BCUT2D eigenvalue weighted by Gasteiger charge is -2.06. The molecule has 134 valence electrons. The van der Waals surface area contributed by atoms with E-state index in [1.54, 1.807) is 6.33 Å². The molecule has 5 nitrogen and oxygen atoms in total. The standard InChI is InChI=1S/C21H17BrN4O/c1-3-20(27)24-16-8-14-9-18(13-4-6-15(22)7-5-13)25-21(14)17(10-16)19-11-26(2)12-23-19/h3-12,25H,1H2,2H3,(H,24,27). The molecule has 0 atom stereocenters. The van der Waals surface area contributed by atoms with Crippen LogP contribution in [0.2, 0.25) is 0 Å². The smallest absolute Gasteiger partial charge is 0.247 e. The second-order valence-corrected chi connectivity index (χ2v) is 7.21. The molecule has 0 aliphatic rings. The number of amides is 1. The van der Waals surface area contributed by atoms with Gasteiger partial charge < -0.3 is 14.9 Å². The van der Waals surface area contributed by atoms with E-state index in [1.165, 1.54) is 6.08 Å². The lowest BCUT2D eigenvalue weighted by Crippen LogP contribution is -2.07. The topological polar surface area (TPSA) is 62.7 Å². The minimum absolute atomic E-state index is 0.245. The summed E-state index contributed by atoms with van der Waals surface area (Å²) in [6.07, 6.45) is 4.97. The molecule has 0 spiro atoms. The first-order valence-corrected chi connectivity index (χ1v) is 9.17. The lowest BCUT2D eigenvalue weighted by atomic mass is 10.1. The minimum Gasteiger partial charge on any atom is -0.354 e. The maximum atomic E-state index is 11.8. The van der Waals surface area contributed by atoms with E-state index in [0.29, 0.717) is 5.69 Å². The maximum absolute atomic E-state index is 11.8. The zero-order valence-corrected chi connectivity index (χ0v) is 16.2. The summed E-state index contributed by atoms with van der Waals surface area (Å²) in [5.41, 5.74) is 5.52. The monoisotopic (exact) mass is 420 g/mol. The maximum Gasteiger partial charge on any atom is 0.247 e. The Morgan fingerprint density at radius 2 is 2.04 bits per heavy atom. The Bertz CT molecular complexity index is 1150. The molecule has 4 rings (SSSR count). The first-order valence-electron chi connectivity index (χ1n) is 8.38. The molecule has 1 amide bonds. The van der Waals surface area contributed by atoms with Crippen molar-refractivity contribution in [1.82, 2.24) is 14.5 Å². The van der Waals surface area contributed by atoms with E-state index in [1.807, 2.05) is 42.1 Å². The summed E-state index contributed by atoms with van der Waals surface area (Å²) in [6, 6.07) is 14.1. The molecule has 0 saturated carbocycles. The Hall–Kier alpha value is -3.12. The van der Waals surface area contributed by atoms with Gasteiger partial charge >= 0.3 is 0 Å². The van der Waals surface area contributed by atoms with Crippen LogP contribution < -0.4 is 5.32 Å². The minimum atomic E-state index is -0.245. The summed E-state index contributed by atoms with van der Waals surface area (Å²) in [5, 5.41) is 3.84. The number of anilines is 1. The number of carbonyl (C=O) groups excluding carboxylic acids is 1. The van der Waals surface area contributed by atoms with Crippen molar-refractivity contribution < 1.29 is 4.79 Å². The predicted octanol–water partition coefficient (Wildman–Crippen LogP) is 5.12. The molecule has 2 aromatic heterocycles. The molecule has 0 aliphatic carbocycles. The highest BCUT2D eigenvalue weighted by Gasteiger charge is 2.13. The highest BCUT2D eigenvalue weighted by molar-refractivity contribution is 9.10. The van der Waals surface area contributed by atoms with Crippen molar-refractivity contribution >= 4 is 38.4 Å². The predicted molar refractivity (Wildman–Crippen MR) is 112 cm³/mol. The number of nitrogens with one attached hydrogen (secondary N) is 2. The molecule has 2 heterocycles. The molecule has 0 bridgehead atoms. The number of fused-ring (bicyclic) bond motifs is 1. The largest absolute Gasteiger partial charge is 0.354 e. The number of benzene rings is 2. The Balaban J connectivity index is 1.90. The van der Waals surface area contributed by atoms with Gasteiger partial charge in [0.2, 0.25) is 5.91 Å². The first-order chi connectivity index (χ1) is 13.0. The van der Waals surface area contributed by atoms with Gasteiger partial charge in [-0.3, -0.25) is 4.79 Å². The fraction of sp³-hybridized carbons (Fsp3) is 0.0476. The number of imidazole rings is 1. The van der Waals surface area contributed by atoms with E-state index in [0.717, 1.165) is 37.9 Å². The van der Waals surface area contributed by atoms with Gasteiger partial charge in [-0.25, -0.2) is 4.98 Å². The van der Waals surface area contributed by atoms with Gasteiger partial charge in [-0.2, -0.15) is 0 Å². The van der Waals surface area contributed by atoms with E-state index in [2.05, 4.69) is 56.0 Å². The van der Waals surface area contributed by atoms with Gasteiger partial charge in [-0.1, -0.05) is 34.6 Å². The summed E-state index contributed by atoms with van der Waals surface area (Å²) in [6.45, 7) is 3.52. The summed E-state index contributed by atoms with van der Waals surface area (Å²) in [5.74, 6) is -0.245. The number of aromatic nitrogens is 3. The number of hydrogen-bond donors (Lipinski definition) is 2. The number of aryl methyl sites for hydroxylation is 1. The second-order valence-electron chi connectivity index (χ2n) is 6.30. The van der Waals surface area contributed by atoms with Crippen LogP contribution >= 0.6 is 15.9 Å². The normalized spacial score (nSPS) is 10.9. The third-order valence-electron chi connectivity index (χ3n) is 4.32. The summed E-state index contributed by atoms with van der Waals surface area (Å²) < 4.78 is 2.93. The number of aromatic amines is 1. The molecule has 0 aliphatic heterocycles.